The molecule has 12 nitrogen and oxygen atoms in total. The van der Waals surface area contributed by atoms with Crippen molar-refractivity contribution in [2.24, 2.45) is 5.73 Å². The summed E-state index contributed by atoms with van der Waals surface area (Å²) in [6, 6.07) is -1.91. The molecule has 0 saturated carbocycles. The molecular formula is C9H11N5O7S. The highest BCUT2D eigenvalue weighted by atomic mass is 32.3. The molecule has 3 heterocycles. The van der Waals surface area contributed by atoms with Crippen molar-refractivity contribution in [3.8, 4) is 0 Å². The molecule has 2 saturated heterocycles. The van der Waals surface area contributed by atoms with E-state index in [4.69, 9.17) is 14.7 Å². The largest absolute Gasteiger partial charge is 0.418 e. The predicted octanol–water partition coefficient (Wildman–Crippen LogP) is -1.16. The van der Waals surface area contributed by atoms with Gasteiger partial charge in [0, 0.05) is 6.54 Å². The summed E-state index contributed by atoms with van der Waals surface area (Å²) in [4.78, 5) is 24.4. The number of hydrogen-bond acceptors (Lipinski definition) is 8. The zero-order chi connectivity index (χ0) is 16.1. The van der Waals surface area contributed by atoms with E-state index < -0.39 is 34.4 Å². The molecule has 120 valence electrons. The number of primary amides is 1. The van der Waals surface area contributed by atoms with E-state index in [1.807, 2.05) is 0 Å². The number of hydroxylamine groups is 2. The first kappa shape index (κ1) is 14.7. The Morgan fingerprint density at radius 3 is 2.73 bits per heavy atom. The summed E-state index contributed by atoms with van der Waals surface area (Å²) in [6.45, 7) is 0.160. The molecule has 2 fully saturated rings. The van der Waals surface area contributed by atoms with Crippen LogP contribution in [0.4, 0.5) is 4.79 Å². The number of urea groups is 1. The van der Waals surface area contributed by atoms with Crippen LogP contribution in [0.2, 0.25) is 0 Å². The number of fused-ring (bicyclic) bond motifs is 2. The Balaban J connectivity index is 1.83. The van der Waals surface area contributed by atoms with E-state index in [9.17, 15) is 18.0 Å². The molecule has 22 heavy (non-hydrogen) atoms. The van der Waals surface area contributed by atoms with Gasteiger partial charge in [0.2, 0.25) is 5.89 Å². The number of carbonyl (C=O) groups is 2. The van der Waals surface area contributed by atoms with Gasteiger partial charge in [-0.1, -0.05) is 0 Å². The van der Waals surface area contributed by atoms with Crippen LogP contribution in [0.25, 0.3) is 0 Å². The van der Waals surface area contributed by atoms with Gasteiger partial charge in [0.1, 0.15) is 6.04 Å². The van der Waals surface area contributed by atoms with Crippen LogP contribution in [0.3, 0.4) is 0 Å². The lowest BCUT2D eigenvalue weighted by Crippen LogP contribution is -2.35. The number of rotatable bonds is 4. The molecular weight excluding hydrogens is 322 g/mol. The summed E-state index contributed by atoms with van der Waals surface area (Å²) in [6.07, 6.45) is 0.777. The summed E-state index contributed by atoms with van der Waals surface area (Å²) >= 11 is 0. The number of amides is 3. The first-order chi connectivity index (χ1) is 10.3. The molecule has 1 aromatic rings. The van der Waals surface area contributed by atoms with Crippen molar-refractivity contribution in [1.29, 1.82) is 0 Å². The zero-order valence-corrected chi connectivity index (χ0v) is 11.8. The van der Waals surface area contributed by atoms with Gasteiger partial charge in [-0.15, -0.1) is 14.5 Å². The van der Waals surface area contributed by atoms with E-state index in [0.717, 1.165) is 0 Å². The maximum absolute atomic E-state index is 12.2. The highest BCUT2D eigenvalue weighted by Crippen LogP contribution is 2.38. The Hall–Kier alpha value is -2.25. The summed E-state index contributed by atoms with van der Waals surface area (Å²) in [7, 11) is -4.80. The van der Waals surface area contributed by atoms with Gasteiger partial charge in [0.25, 0.3) is 0 Å². The molecule has 0 aromatic carbocycles. The molecule has 13 heteroatoms. The van der Waals surface area contributed by atoms with Crippen LogP contribution in [0, 0.1) is 0 Å². The Bertz CT molecular complexity index is 730. The topological polar surface area (TPSA) is 169 Å². The number of carbonyl (C=O) groups excluding carboxylic acids is 2. The van der Waals surface area contributed by atoms with Crippen molar-refractivity contribution in [2.45, 2.75) is 24.9 Å². The third-order valence-corrected chi connectivity index (χ3v) is 3.78. The predicted molar refractivity (Wildman–Crippen MR) is 65.2 cm³/mol. The first-order valence-electron chi connectivity index (χ1n) is 6.16. The molecule has 3 rings (SSSR count). The molecule has 3 amide bonds. The number of aromatic nitrogens is 2. The fraction of sp³-hybridized carbons (Fsp3) is 0.556. The first-order valence-corrected chi connectivity index (χ1v) is 7.53. The minimum Gasteiger partial charge on any atom is -0.415 e. The minimum absolute atomic E-state index is 0.0225. The molecule has 2 aliphatic rings. The summed E-state index contributed by atoms with van der Waals surface area (Å²) < 4.78 is 39.7. The lowest BCUT2D eigenvalue weighted by molar-refractivity contribution is -0.0317. The van der Waals surface area contributed by atoms with Crippen LogP contribution in [0.5, 0.6) is 0 Å². The third kappa shape index (κ3) is 2.49. The molecule has 3 N–H and O–H groups in total. The van der Waals surface area contributed by atoms with Crippen molar-refractivity contribution in [2.75, 3.05) is 6.54 Å². The Morgan fingerprint density at radius 2 is 2.14 bits per heavy atom. The fourth-order valence-corrected chi connectivity index (χ4v) is 2.95. The van der Waals surface area contributed by atoms with Crippen molar-refractivity contribution in [3.63, 3.8) is 0 Å². The average Bonchev–Trinajstić information content (AvgIpc) is 2.99. The normalized spacial score (nSPS) is 24.9. The van der Waals surface area contributed by atoms with E-state index in [1.54, 1.807) is 0 Å². The molecule has 0 radical (unpaired) electrons. The summed E-state index contributed by atoms with van der Waals surface area (Å²) in [5.41, 5.74) is 5.01. The highest BCUT2D eigenvalue weighted by Gasteiger charge is 2.49. The maximum Gasteiger partial charge on any atom is 0.418 e. The molecule has 2 aliphatic heterocycles. The fourth-order valence-electron chi connectivity index (χ4n) is 2.56. The zero-order valence-electron chi connectivity index (χ0n) is 10.9. The lowest BCUT2D eigenvalue weighted by atomic mass is 10.0. The lowest BCUT2D eigenvalue weighted by Gasteiger charge is -2.27. The van der Waals surface area contributed by atoms with Crippen LogP contribution in [0.15, 0.2) is 4.42 Å². The Kier molecular flexibility index (Phi) is 3.26. The minimum atomic E-state index is -4.80. The SMILES string of the molecule is NC(=O)c1nnc([C@@H]2CC[C@@H]3CN2C(=O)N3OS(=O)(=O)O)o1. The Morgan fingerprint density at radius 1 is 1.41 bits per heavy atom. The standard InChI is InChI=1S/C9H11N5O7S/c10-6(15)8-12-11-7(20-8)5-2-1-4-3-13(5)9(16)14(4)21-22(17,18)19/h4-5H,1-3H2,(H2,10,15)(H,17,18,19)/t4-,5+/m1/s1. The van der Waals surface area contributed by atoms with E-state index in [-0.39, 0.29) is 18.3 Å². The van der Waals surface area contributed by atoms with Crippen molar-refractivity contribution in [1.82, 2.24) is 20.2 Å². The second kappa shape index (κ2) is 4.89. The summed E-state index contributed by atoms with van der Waals surface area (Å²) in [5, 5.41) is 7.74. The third-order valence-electron chi connectivity index (χ3n) is 3.43. The van der Waals surface area contributed by atoms with Crippen LogP contribution in [-0.2, 0) is 14.7 Å². The maximum atomic E-state index is 12.2. The number of nitrogens with two attached hydrogens (primary N) is 1. The second-order valence-electron chi connectivity index (χ2n) is 4.82. The molecule has 1 aromatic heterocycles. The van der Waals surface area contributed by atoms with Crippen LogP contribution in [-0.4, -0.2) is 57.7 Å². The van der Waals surface area contributed by atoms with Crippen LogP contribution < -0.4 is 5.73 Å². The van der Waals surface area contributed by atoms with Gasteiger partial charge in [-0.2, -0.15) is 13.5 Å². The number of hydrogen-bond donors (Lipinski definition) is 2. The Labute approximate surface area is 123 Å². The van der Waals surface area contributed by atoms with Crippen molar-refractivity contribution >= 4 is 22.3 Å². The number of nitrogens with zero attached hydrogens (tertiary/aromatic N) is 4. The molecule has 0 aliphatic carbocycles. The van der Waals surface area contributed by atoms with Crippen molar-refractivity contribution < 1.29 is 31.3 Å². The van der Waals surface area contributed by atoms with E-state index in [2.05, 4.69) is 14.5 Å². The van der Waals surface area contributed by atoms with Gasteiger partial charge < -0.3 is 15.1 Å². The van der Waals surface area contributed by atoms with E-state index in [1.165, 1.54) is 4.90 Å². The quantitative estimate of drug-likeness (QED) is 0.645. The van der Waals surface area contributed by atoms with Gasteiger partial charge in [0.05, 0.1) is 6.04 Å². The summed E-state index contributed by atoms with van der Waals surface area (Å²) in [5.74, 6) is -1.25. The molecule has 0 unspecified atom stereocenters. The van der Waals surface area contributed by atoms with Gasteiger partial charge >= 0.3 is 28.2 Å². The van der Waals surface area contributed by atoms with Gasteiger partial charge in [-0.05, 0) is 12.8 Å². The number of piperidine rings is 1. The van der Waals surface area contributed by atoms with E-state index in [0.29, 0.717) is 17.9 Å². The average molecular weight is 333 g/mol. The van der Waals surface area contributed by atoms with Crippen molar-refractivity contribution in [3.05, 3.63) is 11.8 Å². The van der Waals surface area contributed by atoms with Crippen LogP contribution >= 0.6 is 0 Å². The molecule has 2 atom stereocenters. The smallest absolute Gasteiger partial charge is 0.415 e. The highest BCUT2D eigenvalue weighted by molar-refractivity contribution is 7.80. The monoisotopic (exact) mass is 333 g/mol. The van der Waals surface area contributed by atoms with Gasteiger partial charge in [-0.25, -0.2) is 4.79 Å². The second-order valence-corrected chi connectivity index (χ2v) is 5.82. The van der Waals surface area contributed by atoms with Gasteiger partial charge in [0.15, 0.2) is 0 Å². The van der Waals surface area contributed by atoms with Crippen LogP contribution in [0.1, 0.15) is 35.5 Å². The van der Waals surface area contributed by atoms with E-state index >= 15 is 0 Å². The van der Waals surface area contributed by atoms with Gasteiger partial charge in [-0.3, -0.25) is 9.35 Å². The molecule has 2 bridgehead atoms. The molecule has 0 spiro atoms.